The van der Waals surface area contributed by atoms with Gasteiger partial charge in [-0.2, -0.15) is 13.2 Å². The first-order chi connectivity index (χ1) is 14.1. The number of halogens is 3. The highest BCUT2D eigenvalue weighted by Gasteiger charge is 2.44. The van der Waals surface area contributed by atoms with E-state index in [1.807, 2.05) is 4.90 Å². The molecule has 0 bridgehead atoms. The van der Waals surface area contributed by atoms with E-state index in [2.05, 4.69) is 9.98 Å². The lowest BCUT2D eigenvalue weighted by Crippen LogP contribution is -2.37. The average molecular weight is 421 g/mol. The van der Waals surface area contributed by atoms with Gasteiger partial charge in [-0.25, -0.2) is 0 Å². The van der Waals surface area contributed by atoms with E-state index >= 15 is 0 Å². The summed E-state index contributed by atoms with van der Waals surface area (Å²) in [7, 11) is 3.61. The van der Waals surface area contributed by atoms with Crippen molar-refractivity contribution in [2.45, 2.75) is 19.0 Å². The van der Waals surface area contributed by atoms with E-state index in [1.54, 1.807) is 21.0 Å². The van der Waals surface area contributed by atoms with Crippen molar-refractivity contribution in [3.8, 4) is 0 Å². The minimum atomic E-state index is -4.65. The lowest BCUT2D eigenvalue weighted by atomic mass is 9.75. The Morgan fingerprint density at radius 2 is 1.93 bits per heavy atom. The van der Waals surface area contributed by atoms with Crippen molar-refractivity contribution in [2.24, 2.45) is 10.9 Å². The number of aromatic nitrogens is 1. The maximum absolute atomic E-state index is 13.8. The van der Waals surface area contributed by atoms with Gasteiger partial charge in [-0.1, -0.05) is 18.2 Å². The third-order valence-corrected chi connectivity index (χ3v) is 5.01. The highest BCUT2D eigenvalue weighted by molar-refractivity contribution is 6.05. The molecule has 1 aliphatic rings. The maximum Gasteiger partial charge on any atom is 0.416 e. The van der Waals surface area contributed by atoms with E-state index in [9.17, 15) is 22.8 Å². The Bertz CT molecular complexity index is 1030. The van der Waals surface area contributed by atoms with E-state index in [-0.39, 0.29) is 23.4 Å². The zero-order valence-electron chi connectivity index (χ0n) is 16.8. The molecule has 0 saturated heterocycles. The number of esters is 1. The number of fused-ring (bicyclic) bond motifs is 1. The van der Waals surface area contributed by atoms with Crippen LogP contribution in [0.1, 0.15) is 29.5 Å². The van der Waals surface area contributed by atoms with E-state index in [1.165, 1.54) is 30.5 Å². The van der Waals surface area contributed by atoms with Crippen molar-refractivity contribution < 1.29 is 22.7 Å². The van der Waals surface area contributed by atoms with Gasteiger partial charge >= 0.3 is 12.1 Å². The molecule has 6 nitrogen and oxygen atoms in total. The van der Waals surface area contributed by atoms with Crippen molar-refractivity contribution in [3.05, 3.63) is 63.6 Å². The normalized spacial score (nSPS) is 18.7. The molecule has 0 amide bonds. The molecule has 9 heteroatoms. The number of benzene rings is 1. The first kappa shape index (κ1) is 21.8. The first-order valence-corrected chi connectivity index (χ1v) is 9.35. The van der Waals surface area contributed by atoms with Crippen LogP contribution in [0.4, 0.5) is 18.9 Å². The van der Waals surface area contributed by atoms with Gasteiger partial charge in [0, 0.05) is 24.4 Å². The molecule has 0 aliphatic carbocycles. The highest BCUT2D eigenvalue weighted by atomic mass is 19.4. The van der Waals surface area contributed by atoms with Crippen molar-refractivity contribution in [2.75, 3.05) is 27.2 Å². The predicted octanol–water partition coefficient (Wildman–Crippen LogP) is 3.35. The summed E-state index contributed by atoms with van der Waals surface area (Å²) < 4.78 is 46.6. The standard InChI is InChI=1S/C21H22F3N3O3/c1-12-16(20(29)30-11-10-27(2)3)17(18-15(26-12)8-9-25-19(18)28)13-6-4-5-7-14(13)21(22,23)24/h4-9,16-17H,10-11H2,1-3H3,(H,25,28). The van der Waals surface area contributed by atoms with Crippen molar-refractivity contribution in [1.82, 2.24) is 9.88 Å². The molecule has 1 N–H and O–H groups in total. The number of likely N-dealkylation sites (N-methyl/N-ethyl adjacent to an activating group) is 1. The number of H-pyrrole nitrogens is 1. The summed E-state index contributed by atoms with van der Waals surface area (Å²) >= 11 is 0. The predicted molar refractivity (Wildman–Crippen MR) is 106 cm³/mol. The summed E-state index contributed by atoms with van der Waals surface area (Å²) in [5, 5.41) is 0. The van der Waals surface area contributed by atoms with E-state index in [0.29, 0.717) is 12.3 Å². The van der Waals surface area contributed by atoms with Gasteiger partial charge in [-0.3, -0.25) is 14.6 Å². The van der Waals surface area contributed by atoms with Gasteiger partial charge in [0.2, 0.25) is 0 Å². The first-order valence-electron chi connectivity index (χ1n) is 9.35. The largest absolute Gasteiger partial charge is 0.464 e. The Kier molecular flexibility index (Phi) is 6.12. The summed E-state index contributed by atoms with van der Waals surface area (Å²) in [6.07, 6.45) is -3.28. The lowest BCUT2D eigenvalue weighted by Gasteiger charge is -2.32. The zero-order valence-corrected chi connectivity index (χ0v) is 16.8. The molecular weight excluding hydrogens is 399 g/mol. The van der Waals surface area contributed by atoms with Crippen LogP contribution in [0, 0.1) is 5.92 Å². The Hall–Kier alpha value is -2.94. The number of aliphatic imine (C=N–C) groups is 1. The summed E-state index contributed by atoms with van der Waals surface area (Å²) in [6, 6.07) is 6.48. The fourth-order valence-corrected chi connectivity index (χ4v) is 3.63. The van der Waals surface area contributed by atoms with Crippen molar-refractivity contribution >= 4 is 17.4 Å². The Morgan fingerprint density at radius 1 is 1.23 bits per heavy atom. The number of carbonyl (C=O) groups excluding carboxylic acids is 1. The number of nitrogens with zero attached hydrogens (tertiary/aromatic N) is 2. The molecule has 1 aromatic carbocycles. The van der Waals surface area contributed by atoms with Gasteiger partial charge in [0.15, 0.2) is 0 Å². The van der Waals surface area contributed by atoms with Gasteiger partial charge in [-0.05, 0) is 38.7 Å². The Balaban J connectivity index is 2.17. The monoisotopic (exact) mass is 421 g/mol. The third-order valence-electron chi connectivity index (χ3n) is 5.01. The fraction of sp³-hybridized carbons (Fsp3) is 0.381. The second-order valence-corrected chi connectivity index (χ2v) is 7.37. The summed E-state index contributed by atoms with van der Waals surface area (Å²) in [5.74, 6) is -3.03. The number of nitrogens with one attached hydrogen (secondary N) is 1. The maximum atomic E-state index is 13.8. The van der Waals surface area contributed by atoms with Crippen LogP contribution in [0.3, 0.4) is 0 Å². The van der Waals surface area contributed by atoms with Gasteiger partial charge in [0.25, 0.3) is 5.56 Å². The van der Waals surface area contributed by atoms with Gasteiger partial charge < -0.3 is 14.6 Å². The number of alkyl halides is 3. The summed E-state index contributed by atoms with van der Waals surface area (Å²) in [5.41, 5.74) is -1.08. The molecule has 3 rings (SSSR count). The highest BCUT2D eigenvalue weighted by Crippen LogP contribution is 2.45. The minimum Gasteiger partial charge on any atom is -0.464 e. The van der Waals surface area contributed by atoms with Crippen LogP contribution in [0.5, 0.6) is 0 Å². The van der Waals surface area contributed by atoms with Gasteiger partial charge in [-0.15, -0.1) is 0 Å². The number of pyridine rings is 1. The molecule has 1 aliphatic heterocycles. The average Bonchev–Trinajstić information content (AvgIpc) is 2.66. The second kappa shape index (κ2) is 8.43. The number of hydrogen-bond acceptors (Lipinski definition) is 5. The molecule has 1 aromatic heterocycles. The van der Waals surface area contributed by atoms with Crippen LogP contribution in [0.25, 0.3) is 0 Å². The van der Waals surface area contributed by atoms with E-state index in [0.717, 1.165) is 6.07 Å². The minimum absolute atomic E-state index is 0.0226. The molecule has 2 aromatic rings. The van der Waals surface area contributed by atoms with Crippen LogP contribution >= 0.6 is 0 Å². The molecule has 160 valence electrons. The molecular formula is C21H22F3N3O3. The molecule has 0 radical (unpaired) electrons. The lowest BCUT2D eigenvalue weighted by molar-refractivity contribution is -0.147. The number of hydrogen-bond donors (Lipinski definition) is 1. The van der Waals surface area contributed by atoms with Crippen molar-refractivity contribution in [3.63, 3.8) is 0 Å². The van der Waals surface area contributed by atoms with Gasteiger partial charge in [0.05, 0.1) is 16.8 Å². The topological polar surface area (TPSA) is 74.8 Å². The molecule has 0 saturated carbocycles. The third kappa shape index (κ3) is 4.30. The number of rotatable bonds is 5. The van der Waals surface area contributed by atoms with Crippen LogP contribution in [0.2, 0.25) is 0 Å². The second-order valence-electron chi connectivity index (χ2n) is 7.37. The SMILES string of the molecule is CC1=Nc2cc[nH]c(=O)c2C(c2ccccc2C(F)(F)F)C1C(=O)OCCN(C)C. The van der Waals surface area contributed by atoms with Crippen LogP contribution < -0.4 is 5.56 Å². The number of aromatic amines is 1. The summed E-state index contributed by atoms with van der Waals surface area (Å²) in [4.78, 5) is 34.2. The quantitative estimate of drug-likeness (QED) is 0.752. The van der Waals surface area contributed by atoms with Crippen LogP contribution in [-0.2, 0) is 15.7 Å². The summed E-state index contributed by atoms with van der Waals surface area (Å²) in [6.45, 7) is 2.09. The van der Waals surface area contributed by atoms with E-state index < -0.39 is 35.1 Å². The molecule has 0 spiro atoms. The molecule has 2 heterocycles. The number of ether oxygens (including phenoxy) is 1. The zero-order chi connectivity index (χ0) is 22.1. The number of carbonyl (C=O) groups is 1. The molecule has 0 fully saturated rings. The van der Waals surface area contributed by atoms with Crippen LogP contribution in [-0.4, -0.2) is 48.8 Å². The smallest absolute Gasteiger partial charge is 0.416 e. The van der Waals surface area contributed by atoms with Crippen molar-refractivity contribution in [1.29, 1.82) is 0 Å². The Labute approximate surface area is 171 Å². The fourth-order valence-electron chi connectivity index (χ4n) is 3.63. The molecule has 30 heavy (non-hydrogen) atoms. The molecule has 2 atom stereocenters. The Morgan fingerprint density at radius 3 is 2.60 bits per heavy atom. The van der Waals surface area contributed by atoms with Crippen LogP contribution in [0.15, 0.2) is 46.3 Å². The van der Waals surface area contributed by atoms with Gasteiger partial charge in [0.1, 0.15) is 12.5 Å². The molecule has 2 unspecified atom stereocenters. The van der Waals surface area contributed by atoms with E-state index in [4.69, 9.17) is 4.74 Å².